The van der Waals surface area contributed by atoms with Crippen molar-refractivity contribution < 1.29 is 38.1 Å². The average Bonchev–Trinajstić information content (AvgIpc) is 2.55. The van der Waals surface area contributed by atoms with Crippen LogP contribution in [0.2, 0.25) is 0 Å². The number of hydrogen-bond acceptors (Lipinski definition) is 3. The van der Waals surface area contributed by atoms with Crippen molar-refractivity contribution in [3.63, 3.8) is 0 Å². The molecule has 1 aliphatic heterocycles. The van der Waals surface area contributed by atoms with E-state index in [1.807, 2.05) is 6.92 Å². The van der Waals surface area contributed by atoms with Gasteiger partial charge in [-0.25, -0.2) is 9.36 Å². The molecule has 0 N–H and O–H groups in total. The molecule has 124 valence electrons. The third-order valence-electron chi connectivity index (χ3n) is 4.15. The van der Waals surface area contributed by atoms with Crippen LogP contribution in [0.15, 0.2) is 36.5 Å². The lowest BCUT2D eigenvalue weighted by atomic mass is 10.1. The molecule has 1 fully saturated rings. The van der Waals surface area contributed by atoms with Crippen LogP contribution >= 0.6 is 0 Å². The quantitative estimate of drug-likeness (QED) is 0.454. The van der Waals surface area contributed by atoms with Crippen molar-refractivity contribution in [3.8, 4) is 0 Å². The molecule has 0 aliphatic carbocycles. The van der Waals surface area contributed by atoms with E-state index in [0.717, 1.165) is 13.1 Å². The summed E-state index contributed by atoms with van der Waals surface area (Å²) in [6.45, 7) is 5.35. The second-order valence-electron chi connectivity index (χ2n) is 5.54. The number of anilines is 1. The Bertz CT molecular complexity index is 685. The van der Waals surface area contributed by atoms with Crippen molar-refractivity contribution in [2.45, 2.75) is 6.92 Å². The molecule has 1 amide bonds. The first-order chi connectivity index (χ1) is 10.7. The molecule has 1 saturated heterocycles. The first-order valence-electron chi connectivity index (χ1n) is 7.74. The number of aromatic nitrogens is 1. The summed E-state index contributed by atoms with van der Waals surface area (Å²) in [7, 11) is 2.06. The van der Waals surface area contributed by atoms with Crippen molar-refractivity contribution in [3.05, 3.63) is 36.5 Å². The van der Waals surface area contributed by atoms with E-state index in [1.165, 1.54) is 16.6 Å². The Balaban J connectivity index is 0.00000192. The molecule has 5 nitrogen and oxygen atoms in total. The summed E-state index contributed by atoms with van der Waals surface area (Å²) in [5.41, 5.74) is 2.42. The van der Waals surface area contributed by atoms with Crippen LogP contribution in [-0.4, -0.2) is 43.8 Å². The van der Waals surface area contributed by atoms with Gasteiger partial charge in [-0.2, -0.15) is 0 Å². The maximum Gasteiger partial charge on any atom is 0.409 e. The molecule has 0 spiro atoms. The maximum atomic E-state index is 11.7. The average molecular weight is 427 g/mol. The summed E-state index contributed by atoms with van der Waals surface area (Å²) in [6, 6.07) is 10.7. The molecule has 0 bridgehead atoms. The number of benzene rings is 1. The molecule has 2 aromatic rings. The molecule has 3 rings (SSSR count). The van der Waals surface area contributed by atoms with Crippen molar-refractivity contribution in [1.82, 2.24) is 4.90 Å². The summed E-state index contributed by atoms with van der Waals surface area (Å²) >= 11 is 0. The van der Waals surface area contributed by atoms with Gasteiger partial charge in [0.25, 0.3) is 0 Å². The number of piperazine rings is 1. The first kappa shape index (κ1) is 17.8. The fourth-order valence-electron chi connectivity index (χ4n) is 2.89. The van der Waals surface area contributed by atoms with Gasteiger partial charge in [-0.3, -0.25) is 0 Å². The standard InChI is InChI=1S/C17H22N3O2.HI/c1-3-22-17(21)20-11-9-19(10-12-20)15-7-6-14-5-4-8-18(2)16(14)13-15;/h4-8,13H,3,9-12H2,1-2H3;1H/q+1;/p-1. The number of aryl methyl sites for hydroxylation is 1. The minimum absolute atomic E-state index is 0. The van der Waals surface area contributed by atoms with E-state index in [-0.39, 0.29) is 30.1 Å². The molecule has 0 unspecified atom stereocenters. The minimum atomic E-state index is -0.202. The van der Waals surface area contributed by atoms with Crippen LogP contribution in [0.3, 0.4) is 0 Å². The maximum absolute atomic E-state index is 11.7. The second kappa shape index (κ2) is 7.81. The molecule has 1 aromatic carbocycles. The van der Waals surface area contributed by atoms with E-state index in [0.29, 0.717) is 19.7 Å². The van der Waals surface area contributed by atoms with E-state index < -0.39 is 0 Å². The van der Waals surface area contributed by atoms with Gasteiger partial charge in [0.05, 0.1) is 6.61 Å². The van der Waals surface area contributed by atoms with Gasteiger partial charge in [-0.05, 0) is 25.1 Å². The van der Waals surface area contributed by atoms with Crippen molar-refractivity contribution in [1.29, 1.82) is 0 Å². The van der Waals surface area contributed by atoms with Crippen LogP contribution in [0.25, 0.3) is 10.9 Å². The Hall–Kier alpha value is -1.57. The molecule has 2 heterocycles. The van der Waals surface area contributed by atoms with E-state index >= 15 is 0 Å². The largest absolute Gasteiger partial charge is 1.00 e. The van der Waals surface area contributed by atoms with Gasteiger partial charge >= 0.3 is 6.09 Å². The monoisotopic (exact) mass is 427 g/mol. The van der Waals surface area contributed by atoms with Crippen molar-refractivity contribution >= 4 is 22.7 Å². The highest BCUT2D eigenvalue weighted by Gasteiger charge is 2.22. The van der Waals surface area contributed by atoms with Gasteiger partial charge in [-0.15, -0.1) is 0 Å². The molecular weight excluding hydrogens is 405 g/mol. The van der Waals surface area contributed by atoms with Crippen molar-refractivity contribution in [2.75, 3.05) is 37.7 Å². The Kier molecular flexibility index (Phi) is 6.04. The Morgan fingerprint density at radius 3 is 2.65 bits per heavy atom. The zero-order valence-electron chi connectivity index (χ0n) is 13.5. The van der Waals surface area contributed by atoms with Crippen LogP contribution in [0.4, 0.5) is 10.5 Å². The predicted molar refractivity (Wildman–Crippen MR) is 85.9 cm³/mol. The fourth-order valence-corrected chi connectivity index (χ4v) is 2.89. The molecular formula is C17H22IN3O2. The number of amides is 1. The fraction of sp³-hybridized carbons (Fsp3) is 0.412. The SMILES string of the molecule is CCOC(=O)N1CCN(c2ccc3ccc[n+](C)c3c2)CC1.[I-]. The molecule has 6 heteroatoms. The lowest BCUT2D eigenvalue weighted by molar-refractivity contribution is -0.644. The zero-order valence-corrected chi connectivity index (χ0v) is 15.7. The molecule has 1 aromatic heterocycles. The second-order valence-corrected chi connectivity index (χ2v) is 5.54. The highest BCUT2D eigenvalue weighted by atomic mass is 127. The number of fused-ring (bicyclic) bond motifs is 1. The van der Waals surface area contributed by atoms with Crippen LogP contribution in [-0.2, 0) is 11.8 Å². The number of pyridine rings is 1. The van der Waals surface area contributed by atoms with Gasteiger partial charge in [0.1, 0.15) is 7.05 Å². The van der Waals surface area contributed by atoms with E-state index in [4.69, 9.17) is 4.74 Å². The zero-order chi connectivity index (χ0) is 15.5. The van der Waals surface area contributed by atoms with Gasteiger partial charge in [-0.1, -0.05) is 0 Å². The van der Waals surface area contributed by atoms with Crippen LogP contribution in [0.1, 0.15) is 6.92 Å². The smallest absolute Gasteiger partial charge is 0.409 e. The lowest BCUT2D eigenvalue weighted by Crippen LogP contribution is -3.00. The summed E-state index contributed by atoms with van der Waals surface area (Å²) in [5.74, 6) is 0. The van der Waals surface area contributed by atoms with Gasteiger partial charge in [0, 0.05) is 49.4 Å². The predicted octanol–water partition coefficient (Wildman–Crippen LogP) is -1.05. The Labute approximate surface area is 153 Å². The molecule has 0 radical (unpaired) electrons. The van der Waals surface area contributed by atoms with Crippen LogP contribution in [0.5, 0.6) is 0 Å². The molecule has 0 atom stereocenters. The van der Waals surface area contributed by atoms with Gasteiger partial charge in [0.2, 0.25) is 5.52 Å². The normalized spacial score (nSPS) is 14.5. The highest BCUT2D eigenvalue weighted by molar-refractivity contribution is 5.79. The van der Waals surface area contributed by atoms with Crippen molar-refractivity contribution in [2.24, 2.45) is 7.05 Å². The van der Waals surface area contributed by atoms with E-state index in [2.05, 4.69) is 53.0 Å². The third-order valence-corrected chi connectivity index (χ3v) is 4.15. The highest BCUT2D eigenvalue weighted by Crippen LogP contribution is 2.21. The molecule has 1 aliphatic rings. The number of halogens is 1. The summed E-state index contributed by atoms with van der Waals surface area (Å²) in [5, 5.41) is 1.24. The molecule has 23 heavy (non-hydrogen) atoms. The summed E-state index contributed by atoms with van der Waals surface area (Å²) in [6.07, 6.45) is 1.86. The van der Waals surface area contributed by atoms with Gasteiger partial charge in [0.15, 0.2) is 6.20 Å². The first-order valence-corrected chi connectivity index (χ1v) is 7.74. The van der Waals surface area contributed by atoms with Crippen LogP contribution < -0.4 is 33.4 Å². The summed E-state index contributed by atoms with van der Waals surface area (Å²) < 4.78 is 7.19. The summed E-state index contributed by atoms with van der Waals surface area (Å²) in [4.78, 5) is 15.8. The minimum Gasteiger partial charge on any atom is -1.00 e. The molecule has 0 saturated carbocycles. The number of rotatable bonds is 2. The van der Waals surface area contributed by atoms with E-state index in [9.17, 15) is 4.79 Å². The number of nitrogens with zero attached hydrogens (tertiary/aromatic N) is 3. The number of hydrogen-bond donors (Lipinski definition) is 0. The number of carbonyl (C=O) groups excluding carboxylic acids is 1. The Morgan fingerprint density at radius 2 is 1.96 bits per heavy atom. The third kappa shape index (κ3) is 3.85. The number of ether oxygens (including phenoxy) is 1. The van der Waals surface area contributed by atoms with Gasteiger partial charge < -0.3 is 38.5 Å². The lowest BCUT2D eigenvalue weighted by Gasteiger charge is -2.35. The Morgan fingerprint density at radius 1 is 1.22 bits per heavy atom. The van der Waals surface area contributed by atoms with Crippen LogP contribution in [0, 0.1) is 0 Å². The van der Waals surface area contributed by atoms with E-state index in [1.54, 1.807) is 4.90 Å². The topological polar surface area (TPSA) is 36.7 Å². The number of carbonyl (C=O) groups is 1.